The number of anilines is 1. The van der Waals surface area contributed by atoms with E-state index in [0.717, 1.165) is 41.5 Å². The summed E-state index contributed by atoms with van der Waals surface area (Å²) in [7, 11) is 1.08. The zero-order valence-electron chi connectivity index (χ0n) is 17.2. The van der Waals surface area contributed by atoms with Gasteiger partial charge in [-0.2, -0.15) is 0 Å². The van der Waals surface area contributed by atoms with Crippen molar-refractivity contribution in [2.45, 2.75) is 30.7 Å². The zero-order chi connectivity index (χ0) is 21.0. The van der Waals surface area contributed by atoms with Gasteiger partial charge in [-0.05, 0) is 55.2 Å². The second-order valence-corrected chi connectivity index (χ2v) is 9.68. The lowest BCUT2D eigenvalue weighted by Gasteiger charge is -2.31. The second kappa shape index (κ2) is 8.92. The van der Waals surface area contributed by atoms with Crippen molar-refractivity contribution in [1.29, 1.82) is 0 Å². The molecule has 0 unspecified atom stereocenters. The number of pyridine rings is 1. The Morgan fingerprint density at radius 2 is 1.69 bits per heavy atom. The highest BCUT2D eigenvalue weighted by atomic mass is 32.2. The minimum absolute atomic E-state index is 0.129. The molecule has 1 aliphatic heterocycles. The molecule has 156 valence electrons. The third-order valence-electron chi connectivity index (χ3n) is 5.19. The maximum absolute atomic E-state index is 13.3. The number of benzene rings is 1. The third kappa shape index (κ3) is 4.76. The van der Waals surface area contributed by atoms with Crippen molar-refractivity contribution in [3.8, 4) is 0 Å². The molecule has 1 aliphatic rings. The lowest BCUT2D eigenvalue weighted by molar-refractivity contribution is 0.0785. The van der Waals surface area contributed by atoms with Gasteiger partial charge < -0.3 is 9.80 Å². The van der Waals surface area contributed by atoms with Gasteiger partial charge in [0.05, 0.1) is 10.5 Å². The number of sulfonamides is 1. The summed E-state index contributed by atoms with van der Waals surface area (Å²) >= 11 is 0. The Hall–Kier alpha value is -2.45. The first kappa shape index (κ1) is 21.3. The molecule has 0 radical (unpaired) electrons. The predicted octanol–water partition coefficient (Wildman–Crippen LogP) is 2.59. The molecule has 1 amide bonds. The first-order valence-corrected chi connectivity index (χ1v) is 11.2. The first-order chi connectivity index (χ1) is 13.8. The van der Waals surface area contributed by atoms with Gasteiger partial charge in [0.15, 0.2) is 0 Å². The van der Waals surface area contributed by atoms with Crippen LogP contribution in [0.15, 0.2) is 47.6 Å². The van der Waals surface area contributed by atoms with Gasteiger partial charge in [0, 0.05) is 58.9 Å². The van der Waals surface area contributed by atoms with Crippen LogP contribution in [0.4, 0.5) is 5.69 Å². The summed E-state index contributed by atoms with van der Waals surface area (Å²) in [6, 6.07) is 8.61. The lowest BCUT2D eigenvalue weighted by Crippen LogP contribution is -2.33. The van der Waals surface area contributed by atoms with E-state index in [1.165, 1.54) is 26.6 Å². The van der Waals surface area contributed by atoms with Crippen LogP contribution >= 0.6 is 0 Å². The van der Waals surface area contributed by atoms with Crippen LogP contribution in [0.1, 0.15) is 35.2 Å². The largest absolute Gasteiger partial charge is 0.371 e. The quantitative estimate of drug-likeness (QED) is 0.724. The van der Waals surface area contributed by atoms with Crippen LogP contribution in [-0.2, 0) is 16.6 Å². The minimum Gasteiger partial charge on any atom is -0.371 e. The lowest BCUT2D eigenvalue weighted by atomic mass is 10.1. The van der Waals surface area contributed by atoms with E-state index in [-0.39, 0.29) is 10.8 Å². The van der Waals surface area contributed by atoms with Crippen LogP contribution in [0.2, 0.25) is 0 Å². The molecule has 1 fully saturated rings. The zero-order valence-corrected chi connectivity index (χ0v) is 18.0. The number of piperidine rings is 1. The molecule has 0 saturated carbocycles. The average molecular weight is 417 g/mol. The molecule has 0 atom stereocenters. The number of hydrogen-bond donors (Lipinski definition) is 0. The molecule has 2 heterocycles. The van der Waals surface area contributed by atoms with E-state index in [1.807, 2.05) is 12.1 Å². The van der Waals surface area contributed by atoms with Crippen LogP contribution < -0.4 is 4.90 Å². The maximum atomic E-state index is 13.3. The summed E-state index contributed by atoms with van der Waals surface area (Å²) in [6.07, 6.45) is 6.69. The predicted molar refractivity (Wildman–Crippen MR) is 113 cm³/mol. The monoisotopic (exact) mass is 416 g/mol. The molecule has 1 aromatic heterocycles. The van der Waals surface area contributed by atoms with Crippen LogP contribution in [0.25, 0.3) is 0 Å². The molecule has 2 aromatic rings. The summed E-state index contributed by atoms with van der Waals surface area (Å²) in [5.41, 5.74) is 2.19. The van der Waals surface area contributed by atoms with Gasteiger partial charge in [0.25, 0.3) is 5.91 Å². The third-order valence-corrected chi connectivity index (χ3v) is 7.00. The number of carbonyl (C=O) groups excluding carboxylic acids is 1. The maximum Gasteiger partial charge on any atom is 0.256 e. The molecule has 29 heavy (non-hydrogen) atoms. The summed E-state index contributed by atoms with van der Waals surface area (Å²) in [5, 5.41) is 0. The number of rotatable bonds is 6. The SMILES string of the molecule is CN(Cc1ccncc1)C(=O)c1cc(S(=O)(=O)N(C)C)ccc1N1CCCCC1. The van der Waals surface area contributed by atoms with E-state index in [0.29, 0.717) is 12.1 Å². The Morgan fingerprint density at radius 3 is 2.31 bits per heavy atom. The Bertz CT molecular complexity index is 955. The summed E-state index contributed by atoms with van der Waals surface area (Å²) in [4.78, 5) is 21.3. The fourth-order valence-electron chi connectivity index (χ4n) is 3.51. The fraction of sp³-hybridized carbons (Fsp3) is 0.429. The van der Waals surface area contributed by atoms with Gasteiger partial charge in [-0.1, -0.05) is 0 Å². The second-order valence-electron chi connectivity index (χ2n) is 7.53. The molecule has 3 rings (SSSR count). The topological polar surface area (TPSA) is 73.8 Å². The smallest absolute Gasteiger partial charge is 0.256 e. The van der Waals surface area contributed by atoms with Gasteiger partial charge in [0.1, 0.15) is 0 Å². The Labute approximate surface area is 173 Å². The van der Waals surface area contributed by atoms with E-state index in [9.17, 15) is 13.2 Å². The highest BCUT2D eigenvalue weighted by Crippen LogP contribution is 2.29. The van der Waals surface area contributed by atoms with E-state index in [1.54, 1.807) is 36.5 Å². The van der Waals surface area contributed by atoms with Gasteiger partial charge in [0.2, 0.25) is 10.0 Å². The average Bonchev–Trinajstić information content (AvgIpc) is 2.74. The molecule has 1 saturated heterocycles. The summed E-state index contributed by atoms with van der Waals surface area (Å²) in [5.74, 6) is -0.196. The standard InChI is InChI=1S/C21H28N4O3S/c1-23(2)29(27,28)18-7-8-20(25-13-5-4-6-14-25)19(15-18)21(26)24(3)16-17-9-11-22-12-10-17/h7-12,15H,4-6,13-14,16H2,1-3H3. The normalized spacial score (nSPS) is 14.8. The van der Waals surface area contributed by atoms with Crippen molar-refractivity contribution < 1.29 is 13.2 Å². The molecule has 0 N–H and O–H groups in total. The molecular weight excluding hydrogens is 388 g/mol. The number of aromatic nitrogens is 1. The van der Waals surface area contributed by atoms with Crippen molar-refractivity contribution in [3.05, 3.63) is 53.9 Å². The number of nitrogens with zero attached hydrogens (tertiary/aromatic N) is 4. The molecule has 7 nitrogen and oxygen atoms in total. The highest BCUT2D eigenvalue weighted by Gasteiger charge is 2.25. The van der Waals surface area contributed by atoms with Crippen LogP contribution in [-0.4, -0.2) is 62.7 Å². The van der Waals surface area contributed by atoms with Crippen LogP contribution in [0.3, 0.4) is 0 Å². The Morgan fingerprint density at radius 1 is 1.03 bits per heavy atom. The van der Waals surface area contributed by atoms with E-state index in [4.69, 9.17) is 0 Å². The number of carbonyl (C=O) groups is 1. The first-order valence-electron chi connectivity index (χ1n) is 9.76. The van der Waals surface area contributed by atoms with Gasteiger partial charge in [-0.25, -0.2) is 12.7 Å². The van der Waals surface area contributed by atoms with Crippen LogP contribution in [0, 0.1) is 0 Å². The molecule has 0 bridgehead atoms. The number of hydrogen-bond acceptors (Lipinski definition) is 5. The van der Waals surface area contributed by atoms with Crippen molar-refractivity contribution in [2.24, 2.45) is 0 Å². The van der Waals surface area contributed by atoms with Crippen molar-refractivity contribution in [3.63, 3.8) is 0 Å². The number of amides is 1. The molecule has 0 spiro atoms. The Balaban J connectivity index is 1.99. The molecule has 8 heteroatoms. The highest BCUT2D eigenvalue weighted by molar-refractivity contribution is 7.89. The molecule has 1 aromatic carbocycles. The molecule has 0 aliphatic carbocycles. The van der Waals surface area contributed by atoms with Crippen molar-refractivity contribution in [2.75, 3.05) is 39.1 Å². The van der Waals surface area contributed by atoms with E-state index >= 15 is 0 Å². The van der Waals surface area contributed by atoms with Gasteiger partial charge in [-0.15, -0.1) is 0 Å². The summed E-state index contributed by atoms with van der Waals surface area (Å²) < 4.78 is 26.4. The minimum atomic E-state index is -3.63. The fourth-order valence-corrected chi connectivity index (χ4v) is 4.44. The van der Waals surface area contributed by atoms with Crippen LogP contribution in [0.5, 0.6) is 0 Å². The van der Waals surface area contributed by atoms with Gasteiger partial charge in [-0.3, -0.25) is 9.78 Å². The van der Waals surface area contributed by atoms with E-state index in [2.05, 4.69) is 9.88 Å². The van der Waals surface area contributed by atoms with Crippen molar-refractivity contribution in [1.82, 2.24) is 14.2 Å². The Kier molecular flexibility index (Phi) is 6.54. The summed E-state index contributed by atoms with van der Waals surface area (Å²) in [6.45, 7) is 2.16. The van der Waals surface area contributed by atoms with Crippen molar-refractivity contribution >= 4 is 21.6 Å². The van der Waals surface area contributed by atoms with E-state index < -0.39 is 10.0 Å². The molecular formula is C21H28N4O3S. The van der Waals surface area contributed by atoms with Gasteiger partial charge >= 0.3 is 0 Å².